The van der Waals surface area contributed by atoms with E-state index in [1.807, 2.05) is 0 Å². The molecule has 0 heterocycles. The minimum atomic E-state index is -2.18. The lowest BCUT2D eigenvalue weighted by Crippen LogP contribution is -1.46. The Morgan fingerprint density at radius 3 is 1.80 bits per heavy atom. The fourth-order valence-electron chi connectivity index (χ4n) is 0. The number of hydrogen-bond donors (Lipinski definition) is 0. The summed E-state index contributed by atoms with van der Waals surface area (Å²) >= 11 is 0. The first-order valence-corrected chi connectivity index (χ1v) is 1.97. The van der Waals surface area contributed by atoms with E-state index in [1.54, 1.807) is 5.02 Å². The molecule has 0 saturated carbocycles. The van der Waals surface area contributed by atoms with Crippen molar-refractivity contribution in [1.82, 2.24) is 0 Å². The van der Waals surface area contributed by atoms with Crippen LogP contribution in [-0.4, -0.2) is 13.4 Å². The zero-order valence-corrected chi connectivity index (χ0v) is 3.25. The van der Waals surface area contributed by atoms with Crippen LogP contribution in [0.2, 0.25) is 0 Å². The zero-order valence-electron chi connectivity index (χ0n) is 2.43. The van der Waals surface area contributed by atoms with Crippen molar-refractivity contribution in [3.05, 3.63) is 6.58 Å². The smallest absolute Gasteiger partial charge is 0.176 e. The van der Waals surface area contributed by atoms with Crippen molar-refractivity contribution in [2.45, 2.75) is 0 Å². The summed E-state index contributed by atoms with van der Waals surface area (Å²) in [6, 6.07) is 0. The van der Waals surface area contributed by atoms with Crippen molar-refractivity contribution in [3.8, 4) is 0 Å². The van der Waals surface area contributed by atoms with Gasteiger partial charge in [-0.25, -0.2) is 0 Å². The highest BCUT2D eigenvalue weighted by Crippen LogP contribution is 1.18. The van der Waals surface area contributed by atoms with Crippen LogP contribution >= 0.6 is 0 Å². The topological polar surface area (TPSA) is 34.1 Å². The van der Waals surface area contributed by atoms with Crippen molar-refractivity contribution < 1.29 is 8.42 Å². The molecule has 0 aromatic heterocycles. The van der Waals surface area contributed by atoms with Gasteiger partial charge in [0, 0.05) is 5.02 Å². The second kappa shape index (κ2) is 1.76. The summed E-state index contributed by atoms with van der Waals surface area (Å²) in [5.74, 6) is 0. The van der Waals surface area contributed by atoms with E-state index in [0.29, 0.717) is 0 Å². The fraction of sp³-hybridized carbons (Fsp3) is 0. The summed E-state index contributed by atoms with van der Waals surface area (Å²) < 4.78 is 18.4. The molecule has 0 aliphatic rings. The van der Waals surface area contributed by atoms with Gasteiger partial charge in [-0.3, -0.25) is 0 Å². The van der Waals surface area contributed by atoms with E-state index in [9.17, 15) is 8.42 Å². The van der Waals surface area contributed by atoms with Gasteiger partial charge in [0.25, 0.3) is 10.3 Å². The molecule has 0 aliphatic heterocycles. The molecule has 0 amide bonds. The number of rotatable bonds is 0. The second-order valence-corrected chi connectivity index (χ2v) is 1.14. The third-order valence-electron chi connectivity index (χ3n) is 0.118. The molecule has 0 aliphatic carbocycles. The molecule has 0 saturated heterocycles. The molecule has 0 aromatic carbocycles. The molecule has 0 radical (unpaired) electrons. The highest BCUT2D eigenvalue weighted by molar-refractivity contribution is 7.70. The van der Waals surface area contributed by atoms with Crippen molar-refractivity contribution in [2.75, 3.05) is 0 Å². The molecule has 0 spiro atoms. The van der Waals surface area contributed by atoms with Gasteiger partial charge in [-0.15, -0.1) is 0 Å². The lowest BCUT2D eigenvalue weighted by molar-refractivity contribution is 0.627. The first-order valence-electron chi connectivity index (χ1n) is 0.891. The van der Waals surface area contributed by atoms with Crippen molar-refractivity contribution in [3.63, 3.8) is 0 Å². The fourth-order valence-corrected chi connectivity index (χ4v) is 0. The Morgan fingerprint density at radius 1 is 1.60 bits per heavy atom. The van der Waals surface area contributed by atoms with Crippen molar-refractivity contribution in [1.29, 1.82) is 0 Å². The van der Waals surface area contributed by atoms with Crippen molar-refractivity contribution >= 4 is 15.3 Å². The van der Waals surface area contributed by atoms with Crippen LogP contribution in [0.15, 0.2) is 6.58 Å². The Labute approximate surface area is 31.3 Å². The van der Waals surface area contributed by atoms with E-state index in [0.717, 1.165) is 0 Å². The maximum Gasteiger partial charge on any atom is 0.259 e. The molecule has 0 N–H and O–H groups in total. The standard InChI is InChI=1S/C2H2O2S/c1-2-5(3)4/h1H2. The molecule has 3 heteroatoms. The normalized spacial score (nSPS) is 5.60. The summed E-state index contributed by atoms with van der Waals surface area (Å²) in [7, 11) is -2.18. The molecule has 0 unspecified atom stereocenters. The van der Waals surface area contributed by atoms with Crippen LogP contribution < -0.4 is 0 Å². The lowest BCUT2D eigenvalue weighted by Gasteiger charge is -1.25. The minimum absolute atomic E-state index is 1.69. The highest BCUT2D eigenvalue weighted by atomic mass is 32.2. The van der Waals surface area contributed by atoms with Crippen molar-refractivity contribution in [2.24, 2.45) is 0 Å². The van der Waals surface area contributed by atoms with E-state index < -0.39 is 10.3 Å². The van der Waals surface area contributed by atoms with Gasteiger partial charge in [0.05, 0.1) is 0 Å². The Bertz CT molecular complexity index is 138. The molecule has 0 bridgehead atoms. The molecule has 5 heavy (non-hydrogen) atoms. The average molecular weight is 90.1 g/mol. The average Bonchev–Trinajstić information content (AvgIpc) is 1.38. The Kier molecular flexibility index (Phi) is 1.57. The molecule has 28 valence electrons. The molecule has 0 atom stereocenters. The van der Waals surface area contributed by atoms with E-state index in [1.165, 1.54) is 0 Å². The third kappa shape index (κ3) is 3.47. The van der Waals surface area contributed by atoms with Crippen LogP contribution in [-0.2, 0) is 10.3 Å². The number of hydrogen-bond acceptors (Lipinski definition) is 2. The van der Waals surface area contributed by atoms with E-state index >= 15 is 0 Å². The quantitative estimate of drug-likeness (QED) is 0.374. The van der Waals surface area contributed by atoms with Gasteiger partial charge >= 0.3 is 0 Å². The maximum absolute atomic E-state index is 9.19. The van der Waals surface area contributed by atoms with E-state index in [2.05, 4.69) is 6.58 Å². The van der Waals surface area contributed by atoms with Gasteiger partial charge in [-0.2, -0.15) is 8.42 Å². The van der Waals surface area contributed by atoms with Gasteiger partial charge < -0.3 is 0 Å². The summed E-state index contributed by atoms with van der Waals surface area (Å²) in [6.07, 6.45) is 0. The van der Waals surface area contributed by atoms with Gasteiger partial charge in [-0.1, -0.05) is 0 Å². The first-order chi connectivity index (χ1) is 2.27. The van der Waals surface area contributed by atoms with E-state index in [4.69, 9.17) is 0 Å². The predicted octanol–water partition coefficient (Wildman–Crippen LogP) is -0.547. The van der Waals surface area contributed by atoms with Crippen LogP contribution in [0.3, 0.4) is 0 Å². The Morgan fingerprint density at radius 2 is 1.80 bits per heavy atom. The van der Waals surface area contributed by atoms with Gasteiger partial charge in [0.15, 0.2) is 0 Å². The molecule has 0 aromatic rings. The van der Waals surface area contributed by atoms with Crippen LogP contribution in [0.5, 0.6) is 0 Å². The molecule has 0 rings (SSSR count). The molecule has 0 fully saturated rings. The SMILES string of the molecule is C=C=S(=O)=O. The third-order valence-corrected chi connectivity index (χ3v) is 0.354. The van der Waals surface area contributed by atoms with Crippen LogP contribution in [0.25, 0.3) is 0 Å². The Hall–Kier alpha value is -0.530. The predicted molar refractivity (Wildman–Crippen MR) is 19.6 cm³/mol. The molecular formula is C2H2O2S. The Balaban J connectivity index is 5.08. The van der Waals surface area contributed by atoms with Crippen LogP contribution in [0.4, 0.5) is 0 Å². The van der Waals surface area contributed by atoms with E-state index in [-0.39, 0.29) is 0 Å². The monoisotopic (exact) mass is 90.0 g/mol. The zero-order chi connectivity index (χ0) is 4.28. The highest BCUT2D eigenvalue weighted by Gasteiger charge is 1.39. The molecule has 2 nitrogen and oxygen atoms in total. The van der Waals surface area contributed by atoms with Crippen LogP contribution in [0.1, 0.15) is 0 Å². The minimum Gasteiger partial charge on any atom is -0.176 e. The maximum atomic E-state index is 9.19. The largest absolute Gasteiger partial charge is 0.259 e. The van der Waals surface area contributed by atoms with Gasteiger partial charge in [0.1, 0.15) is 0 Å². The summed E-state index contributed by atoms with van der Waals surface area (Å²) in [6.45, 7) is 2.82. The summed E-state index contributed by atoms with van der Waals surface area (Å²) in [5, 5.41) is 1.69. The summed E-state index contributed by atoms with van der Waals surface area (Å²) in [4.78, 5) is 0. The van der Waals surface area contributed by atoms with Crippen LogP contribution in [0, 0.1) is 0 Å². The molecular weight excluding hydrogens is 88.1 g/mol. The van der Waals surface area contributed by atoms with Gasteiger partial charge in [0.2, 0.25) is 0 Å². The second-order valence-electron chi connectivity index (χ2n) is 0.379. The summed E-state index contributed by atoms with van der Waals surface area (Å²) in [5.41, 5.74) is 0. The van der Waals surface area contributed by atoms with Gasteiger partial charge in [-0.05, 0) is 6.58 Å². The lowest BCUT2D eigenvalue weighted by atomic mass is 11.3. The first kappa shape index (κ1) is 4.47.